The number of piperidine rings is 2. The van der Waals surface area contributed by atoms with E-state index in [0.717, 1.165) is 24.0 Å². The summed E-state index contributed by atoms with van der Waals surface area (Å²) in [5.41, 5.74) is 2.12. The van der Waals surface area contributed by atoms with E-state index in [1.165, 1.54) is 0 Å². The highest BCUT2D eigenvalue weighted by atomic mass is 16.6. The van der Waals surface area contributed by atoms with Gasteiger partial charge in [0.25, 0.3) is 0 Å². The minimum atomic E-state index is -0.358. The molecular formula is C23H27NO4. The van der Waals surface area contributed by atoms with Crippen LogP contribution in [0.15, 0.2) is 60.7 Å². The van der Waals surface area contributed by atoms with Crippen LogP contribution in [0.3, 0.4) is 0 Å². The van der Waals surface area contributed by atoms with E-state index < -0.39 is 0 Å². The Morgan fingerprint density at radius 1 is 0.857 bits per heavy atom. The van der Waals surface area contributed by atoms with Crippen molar-refractivity contribution in [3.8, 4) is 0 Å². The maximum absolute atomic E-state index is 12.8. The fourth-order valence-corrected chi connectivity index (χ4v) is 4.39. The Balaban J connectivity index is 1.36. The molecule has 0 radical (unpaired) electrons. The molecule has 2 aliphatic heterocycles. The average Bonchev–Trinajstić information content (AvgIpc) is 2.71. The second kappa shape index (κ2) is 8.76. The van der Waals surface area contributed by atoms with Crippen molar-refractivity contribution in [3.05, 3.63) is 71.8 Å². The van der Waals surface area contributed by atoms with E-state index in [2.05, 4.69) is 12.1 Å². The van der Waals surface area contributed by atoms with E-state index in [1.54, 1.807) is 0 Å². The van der Waals surface area contributed by atoms with Gasteiger partial charge in [-0.3, -0.25) is 0 Å². The van der Waals surface area contributed by atoms with E-state index in [9.17, 15) is 9.90 Å². The van der Waals surface area contributed by atoms with Crippen molar-refractivity contribution in [1.82, 2.24) is 4.90 Å². The molecule has 5 nitrogen and oxygen atoms in total. The van der Waals surface area contributed by atoms with Crippen molar-refractivity contribution in [3.63, 3.8) is 0 Å². The van der Waals surface area contributed by atoms with E-state index in [1.807, 2.05) is 53.4 Å². The quantitative estimate of drug-likeness (QED) is 0.853. The van der Waals surface area contributed by atoms with Gasteiger partial charge in [-0.05, 0) is 36.8 Å². The second-order valence-electron chi connectivity index (χ2n) is 7.77. The molecule has 2 atom stereocenters. The van der Waals surface area contributed by atoms with Crippen LogP contribution in [0.25, 0.3) is 0 Å². The molecule has 148 valence electrons. The van der Waals surface area contributed by atoms with Crippen LogP contribution in [0.5, 0.6) is 0 Å². The largest absolute Gasteiger partial charge is 0.445 e. The summed E-state index contributed by atoms with van der Waals surface area (Å²) in [6, 6.07) is 19.8. The van der Waals surface area contributed by atoms with Crippen molar-refractivity contribution < 1.29 is 19.4 Å². The van der Waals surface area contributed by atoms with Gasteiger partial charge in [0.05, 0.1) is 18.8 Å². The molecule has 0 aliphatic carbocycles. The number of hydrogen-bond acceptors (Lipinski definition) is 4. The number of carbonyl (C=O) groups is 1. The van der Waals surface area contributed by atoms with Crippen LogP contribution in [-0.4, -0.2) is 40.4 Å². The SMILES string of the molecule is O=C(OCc1ccccc1)N1C2CC(O)CC1CC(OCc1ccccc1)C2. The Kier molecular flexibility index (Phi) is 5.93. The Morgan fingerprint density at radius 2 is 1.39 bits per heavy atom. The summed E-state index contributed by atoms with van der Waals surface area (Å²) < 4.78 is 11.7. The fraction of sp³-hybridized carbons (Fsp3) is 0.435. The monoisotopic (exact) mass is 381 g/mol. The molecule has 2 bridgehead atoms. The van der Waals surface area contributed by atoms with Gasteiger partial charge in [0.15, 0.2) is 0 Å². The number of aliphatic hydroxyl groups excluding tert-OH is 1. The predicted octanol–water partition coefficient (Wildman–Crippen LogP) is 3.90. The molecular weight excluding hydrogens is 354 g/mol. The van der Waals surface area contributed by atoms with E-state index >= 15 is 0 Å². The molecule has 2 fully saturated rings. The lowest BCUT2D eigenvalue weighted by Crippen LogP contribution is -2.59. The molecule has 2 aromatic carbocycles. The first kappa shape index (κ1) is 19.0. The molecule has 5 heteroatoms. The molecule has 4 rings (SSSR count). The fourth-order valence-electron chi connectivity index (χ4n) is 4.39. The molecule has 2 aliphatic rings. The minimum absolute atomic E-state index is 0.0356. The van der Waals surface area contributed by atoms with Gasteiger partial charge in [0, 0.05) is 12.1 Å². The maximum Gasteiger partial charge on any atom is 0.410 e. The first-order chi connectivity index (χ1) is 13.7. The smallest absolute Gasteiger partial charge is 0.410 e. The van der Waals surface area contributed by atoms with Crippen LogP contribution in [-0.2, 0) is 22.7 Å². The third-order valence-corrected chi connectivity index (χ3v) is 5.69. The summed E-state index contributed by atoms with van der Waals surface area (Å²) in [6.45, 7) is 0.845. The van der Waals surface area contributed by atoms with Crippen molar-refractivity contribution in [2.45, 2.75) is 63.2 Å². The van der Waals surface area contributed by atoms with E-state index in [-0.39, 0.29) is 37.0 Å². The molecule has 28 heavy (non-hydrogen) atoms. The molecule has 2 aromatic rings. The van der Waals surface area contributed by atoms with Gasteiger partial charge in [-0.15, -0.1) is 0 Å². The van der Waals surface area contributed by atoms with E-state index in [4.69, 9.17) is 9.47 Å². The second-order valence-corrected chi connectivity index (χ2v) is 7.77. The highest BCUT2D eigenvalue weighted by molar-refractivity contribution is 5.69. The van der Waals surface area contributed by atoms with Gasteiger partial charge in [0.1, 0.15) is 6.61 Å². The van der Waals surface area contributed by atoms with E-state index in [0.29, 0.717) is 19.4 Å². The number of hydrogen-bond donors (Lipinski definition) is 1. The summed E-state index contributed by atoms with van der Waals surface area (Å²) in [5, 5.41) is 10.2. The van der Waals surface area contributed by atoms with Crippen LogP contribution in [0.1, 0.15) is 36.8 Å². The molecule has 0 aromatic heterocycles. The highest BCUT2D eigenvalue weighted by Gasteiger charge is 2.44. The zero-order chi connectivity index (χ0) is 19.3. The van der Waals surface area contributed by atoms with Gasteiger partial charge < -0.3 is 19.5 Å². The molecule has 0 saturated carbocycles. The molecule has 2 heterocycles. The van der Waals surface area contributed by atoms with Gasteiger partial charge in [0.2, 0.25) is 0 Å². The Hall–Kier alpha value is -2.37. The maximum atomic E-state index is 12.8. The van der Waals surface area contributed by atoms with Crippen LogP contribution >= 0.6 is 0 Å². The lowest BCUT2D eigenvalue weighted by Gasteiger charge is -2.49. The van der Waals surface area contributed by atoms with Crippen molar-refractivity contribution in [2.24, 2.45) is 0 Å². The van der Waals surface area contributed by atoms with Crippen LogP contribution in [0.4, 0.5) is 4.79 Å². The third-order valence-electron chi connectivity index (χ3n) is 5.69. The van der Waals surface area contributed by atoms with Crippen molar-refractivity contribution in [2.75, 3.05) is 0 Å². The number of amides is 1. The first-order valence-corrected chi connectivity index (χ1v) is 10.0. The Bertz CT molecular complexity index is 751. The molecule has 2 unspecified atom stereocenters. The zero-order valence-corrected chi connectivity index (χ0v) is 15.9. The van der Waals surface area contributed by atoms with Gasteiger partial charge in [-0.2, -0.15) is 0 Å². The number of ether oxygens (including phenoxy) is 2. The first-order valence-electron chi connectivity index (χ1n) is 10.0. The molecule has 2 saturated heterocycles. The summed E-state index contributed by atoms with van der Waals surface area (Å²) >= 11 is 0. The number of nitrogens with zero attached hydrogens (tertiary/aromatic N) is 1. The summed E-state index contributed by atoms with van der Waals surface area (Å²) in [6.07, 6.45) is 2.10. The molecule has 0 spiro atoms. The minimum Gasteiger partial charge on any atom is -0.445 e. The number of fused-ring (bicyclic) bond motifs is 2. The number of benzene rings is 2. The standard InChI is InChI=1S/C23H27NO4/c25-21-11-19-13-22(27-15-17-7-3-1-4-8-17)14-20(12-21)24(19)23(26)28-16-18-9-5-2-6-10-18/h1-10,19-22,25H,11-16H2. The molecule has 1 N–H and O–H groups in total. The van der Waals surface area contributed by atoms with Crippen LogP contribution < -0.4 is 0 Å². The summed E-state index contributed by atoms with van der Waals surface area (Å²) in [7, 11) is 0. The Labute approximate surface area is 165 Å². The van der Waals surface area contributed by atoms with Gasteiger partial charge in [-0.1, -0.05) is 60.7 Å². The van der Waals surface area contributed by atoms with Crippen molar-refractivity contribution >= 4 is 6.09 Å². The van der Waals surface area contributed by atoms with Crippen molar-refractivity contribution in [1.29, 1.82) is 0 Å². The Morgan fingerprint density at radius 3 is 1.96 bits per heavy atom. The van der Waals surface area contributed by atoms with Crippen LogP contribution in [0.2, 0.25) is 0 Å². The normalized spacial score (nSPS) is 26.7. The third kappa shape index (κ3) is 4.54. The molecule has 1 amide bonds. The number of carbonyl (C=O) groups excluding carboxylic acids is 1. The van der Waals surface area contributed by atoms with Gasteiger partial charge >= 0.3 is 6.09 Å². The highest BCUT2D eigenvalue weighted by Crippen LogP contribution is 2.36. The lowest BCUT2D eigenvalue weighted by molar-refractivity contribution is -0.0850. The zero-order valence-electron chi connectivity index (χ0n) is 15.9. The average molecular weight is 381 g/mol. The predicted molar refractivity (Wildman–Crippen MR) is 106 cm³/mol. The summed E-state index contributed by atoms with van der Waals surface area (Å²) in [4.78, 5) is 14.6. The van der Waals surface area contributed by atoms with Gasteiger partial charge in [-0.25, -0.2) is 4.79 Å². The number of rotatable bonds is 5. The van der Waals surface area contributed by atoms with Crippen LogP contribution in [0, 0.1) is 0 Å². The summed E-state index contributed by atoms with van der Waals surface area (Å²) in [5.74, 6) is 0. The topological polar surface area (TPSA) is 59.0 Å². The lowest BCUT2D eigenvalue weighted by atomic mass is 9.82. The number of aliphatic hydroxyl groups is 1.